The number of hydrogen-bond acceptors (Lipinski definition) is 5. The standard InChI is InChI=1S/C28H26F2N4O3/c1-15-9-11-19(16(2)13-15)32-26(35)24-17(3)31-28-33-20-7-5-6-8-21(20)34(28)25(24)18-10-12-22(37-27(29)30)23(14-18)36-4/h5-14,25,27H,1-4H3,(H,31,33)(H,32,35)/t25-/m1/s1. The van der Waals surface area contributed by atoms with Crippen molar-refractivity contribution in [3.05, 3.63) is 88.6 Å². The van der Waals surface area contributed by atoms with Crippen LogP contribution in [0.3, 0.4) is 0 Å². The number of ether oxygens (including phenoxy) is 2. The Morgan fingerprint density at radius 1 is 1.05 bits per heavy atom. The van der Waals surface area contributed by atoms with Crippen molar-refractivity contribution < 1.29 is 23.0 Å². The fraction of sp³-hybridized carbons (Fsp3) is 0.214. The first kappa shape index (κ1) is 24.3. The summed E-state index contributed by atoms with van der Waals surface area (Å²) in [6.07, 6.45) is 0. The second-order valence-corrected chi connectivity index (χ2v) is 8.92. The van der Waals surface area contributed by atoms with Gasteiger partial charge in [0.05, 0.1) is 29.8 Å². The van der Waals surface area contributed by atoms with Gasteiger partial charge in [0.2, 0.25) is 5.95 Å². The van der Waals surface area contributed by atoms with Gasteiger partial charge in [-0.15, -0.1) is 0 Å². The molecule has 3 aromatic carbocycles. The van der Waals surface area contributed by atoms with Gasteiger partial charge in [0.25, 0.3) is 5.91 Å². The van der Waals surface area contributed by atoms with E-state index in [1.807, 2.05) is 67.8 Å². The average Bonchev–Trinajstić information content (AvgIpc) is 3.22. The van der Waals surface area contributed by atoms with E-state index < -0.39 is 12.7 Å². The third-order valence-electron chi connectivity index (χ3n) is 6.42. The summed E-state index contributed by atoms with van der Waals surface area (Å²) in [7, 11) is 1.38. The average molecular weight is 505 g/mol. The van der Waals surface area contributed by atoms with E-state index in [4.69, 9.17) is 9.72 Å². The number of carbonyl (C=O) groups is 1. The number of nitrogens with zero attached hydrogens (tertiary/aromatic N) is 2. The molecule has 9 heteroatoms. The smallest absolute Gasteiger partial charge is 0.387 e. The maximum absolute atomic E-state index is 13.8. The SMILES string of the molecule is COc1cc([C@@H]2C(C(=O)Nc3ccc(C)cc3C)=C(C)Nc3nc4ccccc4n32)ccc1OC(F)F. The van der Waals surface area contributed by atoms with Crippen LogP contribution in [0.4, 0.5) is 20.4 Å². The molecule has 0 aliphatic carbocycles. The summed E-state index contributed by atoms with van der Waals surface area (Å²) in [6, 6.07) is 17.5. The van der Waals surface area contributed by atoms with Crippen LogP contribution in [-0.4, -0.2) is 29.2 Å². The van der Waals surface area contributed by atoms with Gasteiger partial charge < -0.3 is 20.1 Å². The summed E-state index contributed by atoms with van der Waals surface area (Å²) in [5.74, 6) is 0.317. The summed E-state index contributed by atoms with van der Waals surface area (Å²) < 4.78 is 37.8. The number of aromatic nitrogens is 2. The van der Waals surface area contributed by atoms with Crippen LogP contribution in [0.15, 0.2) is 71.9 Å². The van der Waals surface area contributed by atoms with E-state index in [9.17, 15) is 13.6 Å². The third kappa shape index (κ3) is 4.48. The molecule has 7 nitrogen and oxygen atoms in total. The van der Waals surface area contributed by atoms with E-state index in [-0.39, 0.29) is 17.4 Å². The molecule has 5 rings (SSSR count). The predicted molar refractivity (Wildman–Crippen MR) is 138 cm³/mol. The summed E-state index contributed by atoms with van der Waals surface area (Å²) in [4.78, 5) is 18.5. The first-order valence-electron chi connectivity index (χ1n) is 11.7. The van der Waals surface area contributed by atoms with Crippen LogP contribution in [0.25, 0.3) is 11.0 Å². The molecule has 0 spiro atoms. The number of benzene rings is 3. The molecule has 0 bridgehead atoms. The van der Waals surface area contributed by atoms with Crippen molar-refractivity contribution in [2.24, 2.45) is 0 Å². The fourth-order valence-corrected chi connectivity index (χ4v) is 4.76. The minimum absolute atomic E-state index is 0.0899. The maximum atomic E-state index is 13.8. The highest BCUT2D eigenvalue weighted by atomic mass is 19.3. The molecule has 2 heterocycles. The lowest BCUT2D eigenvalue weighted by Gasteiger charge is -2.31. The van der Waals surface area contributed by atoms with Gasteiger partial charge in [-0.1, -0.05) is 35.9 Å². The molecule has 0 fully saturated rings. The maximum Gasteiger partial charge on any atom is 0.387 e. The van der Waals surface area contributed by atoms with E-state index in [0.29, 0.717) is 28.5 Å². The number of carbonyl (C=O) groups excluding carboxylic acids is 1. The van der Waals surface area contributed by atoms with Crippen LogP contribution >= 0.6 is 0 Å². The van der Waals surface area contributed by atoms with Crippen molar-refractivity contribution >= 4 is 28.6 Å². The molecule has 0 saturated carbocycles. The van der Waals surface area contributed by atoms with Crippen LogP contribution < -0.4 is 20.1 Å². The van der Waals surface area contributed by atoms with Crippen LogP contribution in [0.5, 0.6) is 11.5 Å². The number of imidazole rings is 1. The van der Waals surface area contributed by atoms with Crippen molar-refractivity contribution in [2.45, 2.75) is 33.4 Å². The lowest BCUT2D eigenvalue weighted by atomic mass is 9.93. The zero-order valence-corrected chi connectivity index (χ0v) is 20.8. The number of aryl methyl sites for hydroxylation is 2. The van der Waals surface area contributed by atoms with Gasteiger partial charge in [0, 0.05) is 11.4 Å². The number of allylic oxidation sites excluding steroid dienone is 1. The van der Waals surface area contributed by atoms with Gasteiger partial charge in [0.15, 0.2) is 11.5 Å². The Balaban J connectivity index is 1.66. The molecule has 1 aliphatic rings. The van der Waals surface area contributed by atoms with Gasteiger partial charge in [0.1, 0.15) is 0 Å². The molecule has 37 heavy (non-hydrogen) atoms. The van der Waals surface area contributed by atoms with Crippen molar-refractivity contribution in [3.8, 4) is 11.5 Å². The molecule has 1 atom stereocenters. The van der Waals surface area contributed by atoms with Crippen molar-refractivity contribution in [3.63, 3.8) is 0 Å². The molecule has 1 aromatic heterocycles. The van der Waals surface area contributed by atoms with E-state index >= 15 is 0 Å². The van der Waals surface area contributed by atoms with Crippen molar-refractivity contribution in [2.75, 3.05) is 17.7 Å². The summed E-state index contributed by atoms with van der Waals surface area (Å²) in [6.45, 7) is 2.75. The molecule has 1 aliphatic heterocycles. The molecule has 2 N–H and O–H groups in total. The monoisotopic (exact) mass is 504 g/mol. The number of fused-ring (bicyclic) bond motifs is 3. The van der Waals surface area contributed by atoms with Crippen molar-refractivity contribution in [1.82, 2.24) is 9.55 Å². The van der Waals surface area contributed by atoms with Gasteiger partial charge in [-0.05, 0) is 62.2 Å². The number of amides is 1. The first-order chi connectivity index (χ1) is 17.8. The number of nitrogens with one attached hydrogen (secondary N) is 2. The topological polar surface area (TPSA) is 77.4 Å². The van der Waals surface area contributed by atoms with Crippen LogP contribution in [0, 0.1) is 13.8 Å². The fourth-order valence-electron chi connectivity index (χ4n) is 4.76. The highest BCUT2D eigenvalue weighted by Crippen LogP contribution is 2.42. The minimum atomic E-state index is -3.00. The van der Waals surface area contributed by atoms with Crippen molar-refractivity contribution in [1.29, 1.82) is 0 Å². The van der Waals surface area contributed by atoms with Crippen LogP contribution in [-0.2, 0) is 4.79 Å². The number of anilines is 2. The zero-order chi connectivity index (χ0) is 26.3. The van der Waals surface area contributed by atoms with Gasteiger partial charge in [-0.2, -0.15) is 8.78 Å². The summed E-state index contributed by atoms with van der Waals surface area (Å²) >= 11 is 0. The summed E-state index contributed by atoms with van der Waals surface area (Å²) in [5, 5.41) is 6.32. The zero-order valence-electron chi connectivity index (χ0n) is 20.8. The molecular weight excluding hydrogens is 478 g/mol. The Morgan fingerprint density at radius 3 is 2.57 bits per heavy atom. The Kier molecular flexibility index (Phi) is 6.29. The highest BCUT2D eigenvalue weighted by Gasteiger charge is 2.35. The lowest BCUT2D eigenvalue weighted by Crippen LogP contribution is -2.31. The van der Waals surface area contributed by atoms with E-state index in [2.05, 4.69) is 15.4 Å². The molecular formula is C28H26F2N4O3. The number of halogens is 2. The normalized spacial score (nSPS) is 14.9. The molecule has 1 amide bonds. The molecule has 0 unspecified atom stereocenters. The van der Waals surface area contributed by atoms with Gasteiger partial charge in [-0.25, -0.2) is 4.98 Å². The third-order valence-corrected chi connectivity index (χ3v) is 6.42. The highest BCUT2D eigenvalue weighted by molar-refractivity contribution is 6.06. The van der Waals surface area contributed by atoms with E-state index in [1.165, 1.54) is 13.2 Å². The second-order valence-electron chi connectivity index (χ2n) is 8.92. The second kappa shape index (κ2) is 9.57. The lowest BCUT2D eigenvalue weighted by molar-refractivity contribution is -0.113. The Hall–Kier alpha value is -4.40. The molecule has 0 saturated heterocycles. The molecule has 0 radical (unpaired) electrons. The van der Waals surface area contributed by atoms with Crippen LogP contribution in [0.1, 0.15) is 29.7 Å². The molecule has 190 valence electrons. The predicted octanol–water partition coefficient (Wildman–Crippen LogP) is 6.19. The Labute approximate surface area is 212 Å². The first-order valence-corrected chi connectivity index (χ1v) is 11.7. The molecule has 4 aromatic rings. The Morgan fingerprint density at radius 2 is 1.84 bits per heavy atom. The summed E-state index contributed by atoms with van der Waals surface area (Å²) in [5.41, 5.74) is 6.03. The Bertz CT molecular complexity index is 1540. The van der Waals surface area contributed by atoms with Gasteiger partial charge in [-0.3, -0.25) is 9.36 Å². The quantitative estimate of drug-likeness (QED) is 0.327. The number of hydrogen-bond donors (Lipinski definition) is 2. The number of alkyl halides is 2. The largest absolute Gasteiger partial charge is 0.493 e. The number of methoxy groups -OCH3 is 1. The van der Waals surface area contributed by atoms with Crippen LogP contribution in [0.2, 0.25) is 0 Å². The number of rotatable bonds is 6. The van der Waals surface area contributed by atoms with Gasteiger partial charge >= 0.3 is 6.61 Å². The number of para-hydroxylation sites is 2. The minimum Gasteiger partial charge on any atom is -0.493 e. The van der Waals surface area contributed by atoms with E-state index in [1.54, 1.807) is 12.1 Å². The van der Waals surface area contributed by atoms with E-state index in [0.717, 1.165) is 22.2 Å².